The van der Waals surface area contributed by atoms with Gasteiger partial charge in [-0.3, -0.25) is 0 Å². The largest absolute Gasteiger partial charge is 0.478 e. The van der Waals surface area contributed by atoms with Gasteiger partial charge in [-0.2, -0.15) is 0 Å². The van der Waals surface area contributed by atoms with E-state index in [1.165, 1.54) is 0 Å². The van der Waals surface area contributed by atoms with Gasteiger partial charge in [0.1, 0.15) is 0 Å². The van der Waals surface area contributed by atoms with E-state index in [9.17, 15) is 9.59 Å². The lowest BCUT2D eigenvalue weighted by molar-refractivity contribution is 0.0679. The molecule has 86 valence electrons. The molecular weight excluding hydrogens is 391 g/mol. The summed E-state index contributed by atoms with van der Waals surface area (Å²) in [5, 5.41) is 17.1. The Kier molecular flexibility index (Phi) is 4.23. The van der Waals surface area contributed by atoms with Crippen LogP contribution in [-0.4, -0.2) is 22.2 Å². The maximum atomic E-state index is 10.9. The van der Waals surface area contributed by atoms with Gasteiger partial charge in [-0.05, 0) is 31.9 Å². The minimum atomic E-state index is -1.31. The fraction of sp³-hybridized carbons (Fsp3) is 0. The minimum absolute atomic E-state index is 0.0341. The van der Waals surface area contributed by atoms with E-state index in [1.54, 1.807) is 0 Å². The number of carbonyl (C=O) groups is 2. The SMILES string of the molecule is O=C(O)c1c(Cl)c(Cl)c(C(=O)O)c(Br)c1Br. The average Bonchev–Trinajstić information content (AvgIpc) is 2.14. The van der Waals surface area contributed by atoms with Crippen LogP contribution in [0.4, 0.5) is 0 Å². The first-order valence-corrected chi connectivity index (χ1v) is 5.95. The molecule has 0 unspecified atom stereocenters. The first kappa shape index (κ1) is 13.8. The second-order valence-corrected chi connectivity index (χ2v) is 4.96. The van der Waals surface area contributed by atoms with Crippen LogP contribution in [0.3, 0.4) is 0 Å². The van der Waals surface area contributed by atoms with Crippen molar-refractivity contribution in [2.75, 3.05) is 0 Å². The van der Waals surface area contributed by atoms with Crippen molar-refractivity contribution in [2.24, 2.45) is 0 Å². The van der Waals surface area contributed by atoms with E-state index in [1.807, 2.05) is 0 Å². The lowest BCUT2D eigenvalue weighted by atomic mass is 10.1. The van der Waals surface area contributed by atoms with Crippen molar-refractivity contribution in [2.45, 2.75) is 0 Å². The third-order valence-electron chi connectivity index (χ3n) is 1.69. The molecule has 0 aliphatic heterocycles. The zero-order chi connectivity index (χ0) is 12.6. The molecule has 0 bridgehead atoms. The maximum absolute atomic E-state index is 10.9. The van der Waals surface area contributed by atoms with Gasteiger partial charge in [0.15, 0.2) is 0 Å². The topological polar surface area (TPSA) is 74.6 Å². The molecule has 0 aromatic heterocycles. The average molecular weight is 393 g/mol. The fourth-order valence-corrected chi connectivity index (χ4v) is 2.91. The maximum Gasteiger partial charge on any atom is 0.338 e. The molecule has 8 heteroatoms. The second-order valence-electron chi connectivity index (χ2n) is 2.62. The molecule has 1 rings (SSSR count). The van der Waals surface area contributed by atoms with Crippen LogP contribution in [-0.2, 0) is 0 Å². The zero-order valence-electron chi connectivity index (χ0n) is 7.22. The summed E-state index contributed by atoms with van der Waals surface area (Å²) >= 11 is 17.3. The molecule has 0 saturated heterocycles. The zero-order valence-corrected chi connectivity index (χ0v) is 11.9. The smallest absolute Gasteiger partial charge is 0.338 e. The van der Waals surface area contributed by atoms with E-state index in [0.29, 0.717) is 0 Å². The molecule has 0 saturated carbocycles. The van der Waals surface area contributed by atoms with Crippen LogP contribution in [0.1, 0.15) is 20.7 Å². The van der Waals surface area contributed by atoms with E-state index >= 15 is 0 Å². The first-order valence-electron chi connectivity index (χ1n) is 3.61. The summed E-state index contributed by atoms with van der Waals surface area (Å²) in [6, 6.07) is 0. The Bertz CT molecular complexity index is 427. The van der Waals surface area contributed by atoms with Crippen LogP contribution in [0.15, 0.2) is 8.95 Å². The van der Waals surface area contributed by atoms with Crippen molar-refractivity contribution >= 4 is 67.0 Å². The molecule has 2 N–H and O–H groups in total. The van der Waals surface area contributed by atoms with Crippen LogP contribution in [0.25, 0.3) is 0 Å². The Morgan fingerprint density at radius 1 is 0.875 bits per heavy atom. The predicted molar refractivity (Wildman–Crippen MR) is 65.8 cm³/mol. The lowest BCUT2D eigenvalue weighted by Gasteiger charge is -2.10. The van der Waals surface area contributed by atoms with Gasteiger partial charge >= 0.3 is 11.9 Å². The number of aromatic carboxylic acids is 2. The minimum Gasteiger partial charge on any atom is -0.478 e. The van der Waals surface area contributed by atoms with Gasteiger partial charge in [0.05, 0.1) is 21.2 Å². The van der Waals surface area contributed by atoms with Crippen LogP contribution in [0.2, 0.25) is 10.0 Å². The van der Waals surface area contributed by atoms with Gasteiger partial charge in [0.2, 0.25) is 0 Å². The second kappa shape index (κ2) is 4.91. The number of carboxylic acid groups (broad SMARTS) is 2. The summed E-state index contributed by atoms with van der Waals surface area (Å²) in [5.74, 6) is -2.62. The molecule has 1 aromatic carbocycles. The van der Waals surface area contributed by atoms with E-state index < -0.39 is 11.9 Å². The summed E-state index contributed by atoms with van der Waals surface area (Å²) in [4.78, 5) is 21.8. The number of hydrogen-bond acceptors (Lipinski definition) is 2. The molecule has 0 amide bonds. The van der Waals surface area contributed by atoms with Gasteiger partial charge < -0.3 is 10.2 Å². The first-order chi connectivity index (χ1) is 7.29. The highest BCUT2D eigenvalue weighted by atomic mass is 79.9. The standard InChI is InChI=1S/C8H2Br2Cl2O4/c9-3-1(7(13)14)5(11)6(12)2(4(3)10)8(15)16/h(H,13,14)(H,15,16). The molecule has 0 radical (unpaired) electrons. The lowest BCUT2D eigenvalue weighted by Crippen LogP contribution is -2.06. The summed E-state index contributed by atoms with van der Waals surface area (Å²) in [7, 11) is 0. The van der Waals surface area contributed by atoms with Crippen molar-refractivity contribution in [1.29, 1.82) is 0 Å². The molecule has 0 spiro atoms. The normalized spacial score (nSPS) is 10.2. The van der Waals surface area contributed by atoms with Crippen LogP contribution < -0.4 is 0 Å². The fourth-order valence-electron chi connectivity index (χ4n) is 1.01. The third kappa shape index (κ3) is 2.20. The van der Waals surface area contributed by atoms with E-state index in [2.05, 4.69) is 31.9 Å². The number of rotatable bonds is 2. The Balaban J connectivity index is 3.77. The highest BCUT2D eigenvalue weighted by Crippen LogP contribution is 2.41. The highest BCUT2D eigenvalue weighted by Gasteiger charge is 2.26. The monoisotopic (exact) mass is 390 g/mol. The summed E-state index contributed by atoms with van der Waals surface area (Å²) in [6.45, 7) is 0. The quantitative estimate of drug-likeness (QED) is 0.748. The molecule has 0 aliphatic carbocycles. The van der Waals surface area contributed by atoms with Gasteiger partial charge in [-0.15, -0.1) is 0 Å². The Morgan fingerprint density at radius 3 is 1.31 bits per heavy atom. The van der Waals surface area contributed by atoms with Crippen molar-refractivity contribution < 1.29 is 19.8 Å². The van der Waals surface area contributed by atoms with E-state index in [4.69, 9.17) is 33.4 Å². The number of benzene rings is 1. The number of hydrogen-bond donors (Lipinski definition) is 2. The van der Waals surface area contributed by atoms with E-state index in [0.717, 1.165) is 0 Å². The van der Waals surface area contributed by atoms with Crippen molar-refractivity contribution in [3.8, 4) is 0 Å². The van der Waals surface area contributed by atoms with Gasteiger partial charge in [0, 0.05) is 8.95 Å². The Hall–Kier alpha value is -0.300. The molecular formula is C8H2Br2Cl2O4. The van der Waals surface area contributed by atoms with Crippen molar-refractivity contribution in [3.63, 3.8) is 0 Å². The van der Waals surface area contributed by atoms with Crippen LogP contribution in [0.5, 0.6) is 0 Å². The van der Waals surface area contributed by atoms with Crippen LogP contribution >= 0.6 is 55.1 Å². The summed E-state index contributed by atoms with van der Waals surface area (Å²) in [5.41, 5.74) is -0.577. The number of halogens is 4. The van der Waals surface area contributed by atoms with Gasteiger partial charge in [-0.1, -0.05) is 23.2 Å². The molecule has 0 fully saturated rings. The van der Waals surface area contributed by atoms with E-state index in [-0.39, 0.29) is 30.1 Å². The summed E-state index contributed by atoms with van der Waals surface area (Å²) < 4.78 is 0.0681. The Labute approximate surface area is 116 Å². The molecule has 4 nitrogen and oxygen atoms in total. The molecule has 0 heterocycles. The van der Waals surface area contributed by atoms with Crippen molar-refractivity contribution in [1.82, 2.24) is 0 Å². The molecule has 16 heavy (non-hydrogen) atoms. The third-order valence-corrected chi connectivity index (χ3v) is 4.66. The Morgan fingerprint density at radius 2 is 1.12 bits per heavy atom. The predicted octanol–water partition coefficient (Wildman–Crippen LogP) is 3.91. The molecule has 1 aromatic rings. The number of carboxylic acids is 2. The summed E-state index contributed by atoms with van der Waals surface area (Å²) in [6.07, 6.45) is 0. The highest BCUT2D eigenvalue weighted by molar-refractivity contribution is 9.13. The van der Waals surface area contributed by atoms with Gasteiger partial charge in [-0.25, -0.2) is 9.59 Å². The van der Waals surface area contributed by atoms with Gasteiger partial charge in [0.25, 0.3) is 0 Å². The molecule has 0 aliphatic rings. The van der Waals surface area contributed by atoms with Crippen LogP contribution in [0, 0.1) is 0 Å². The van der Waals surface area contributed by atoms with Crippen molar-refractivity contribution in [3.05, 3.63) is 30.1 Å². The molecule has 0 atom stereocenters.